The van der Waals surface area contributed by atoms with Crippen LogP contribution in [0.2, 0.25) is 0 Å². The van der Waals surface area contributed by atoms with E-state index < -0.39 is 10.0 Å². The molecule has 138 valence electrons. The molecule has 0 aliphatic heterocycles. The zero-order valence-electron chi connectivity index (χ0n) is 15.0. The van der Waals surface area contributed by atoms with Gasteiger partial charge in [-0.2, -0.15) is 0 Å². The molecule has 2 heterocycles. The zero-order valence-corrected chi connectivity index (χ0v) is 17.5. The summed E-state index contributed by atoms with van der Waals surface area (Å²) in [6.45, 7) is 6.02. The highest BCUT2D eigenvalue weighted by Crippen LogP contribution is 2.33. The first-order chi connectivity index (χ1) is 12.4. The Bertz CT molecular complexity index is 972. The van der Waals surface area contributed by atoms with Crippen LogP contribution in [-0.4, -0.2) is 13.4 Å². The number of benzene rings is 1. The number of nitrogens with zero attached hydrogens (tertiary/aromatic N) is 1. The molecule has 0 radical (unpaired) electrons. The van der Waals surface area contributed by atoms with Gasteiger partial charge in [-0.1, -0.05) is 38.1 Å². The van der Waals surface area contributed by atoms with Crippen LogP contribution in [0.15, 0.2) is 46.0 Å². The van der Waals surface area contributed by atoms with Gasteiger partial charge in [0.2, 0.25) is 0 Å². The molecule has 7 heteroatoms. The maximum atomic E-state index is 12.7. The molecule has 0 amide bonds. The Morgan fingerprint density at radius 2 is 1.81 bits per heavy atom. The topological polar surface area (TPSA) is 59.1 Å². The standard InChI is InChI=1S/C19H22N2O2S3/c1-4-14-6-8-15(9-7-14)13(3)21-26(22,23)18-11-10-17(25-18)19-20-16(5-2)12-24-19/h6-13,21H,4-5H2,1-3H3/t13-/m0/s1. The highest BCUT2D eigenvalue weighted by Gasteiger charge is 2.21. The summed E-state index contributed by atoms with van der Waals surface area (Å²) >= 11 is 2.81. The maximum absolute atomic E-state index is 12.7. The van der Waals surface area contributed by atoms with Crippen LogP contribution in [0.25, 0.3) is 9.88 Å². The fraction of sp³-hybridized carbons (Fsp3) is 0.316. The van der Waals surface area contributed by atoms with E-state index in [0.717, 1.165) is 34.0 Å². The lowest BCUT2D eigenvalue weighted by atomic mass is 10.1. The van der Waals surface area contributed by atoms with Crippen molar-refractivity contribution in [3.8, 4) is 9.88 Å². The Morgan fingerprint density at radius 1 is 1.08 bits per heavy atom. The van der Waals surface area contributed by atoms with Gasteiger partial charge in [0.1, 0.15) is 9.22 Å². The van der Waals surface area contributed by atoms with Gasteiger partial charge in [-0.05, 0) is 43.0 Å². The first-order valence-electron chi connectivity index (χ1n) is 8.58. The van der Waals surface area contributed by atoms with Crippen molar-refractivity contribution in [2.45, 2.75) is 43.9 Å². The summed E-state index contributed by atoms with van der Waals surface area (Å²) in [5.41, 5.74) is 3.22. The second kappa shape index (κ2) is 8.00. The second-order valence-electron chi connectivity index (χ2n) is 6.05. The minimum absolute atomic E-state index is 0.289. The Morgan fingerprint density at radius 3 is 2.42 bits per heavy atom. The molecule has 0 fully saturated rings. The largest absolute Gasteiger partial charge is 0.250 e. The van der Waals surface area contributed by atoms with Gasteiger partial charge in [-0.3, -0.25) is 0 Å². The Labute approximate surface area is 163 Å². The van der Waals surface area contributed by atoms with Crippen LogP contribution in [0, 0.1) is 0 Å². The van der Waals surface area contributed by atoms with Crippen LogP contribution in [-0.2, 0) is 22.9 Å². The molecule has 0 aliphatic rings. The van der Waals surface area contributed by atoms with Crippen LogP contribution in [0.5, 0.6) is 0 Å². The van der Waals surface area contributed by atoms with Gasteiger partial charge in [0.05, 0.1) is 10.6 Å². The summed E-state index contributed by atoms with van der Waals surface area (Å²) in [6.07, 6.45) is 1.85. The Hall–Kier alpha value is -1.54. The molecule has 0 aliphatic carbocycles. The third kappa shape index (κ3) is 4.23. The summed E-state index contributed by atoms with van der Waals surface area (Å²) < 4.78 is 28.5. The average Bonchev–Trinajstić information content (AvgIpc) is 3.30. The van der Waals surface area contributed by atoms with Crippen molar-refractivity contribution < 1.29 is 8.42 Å². The smallest absolute Gasteiger partial charge is 0.240 e. The zero-order chi connectivity index (χ0) is 18.7. The summed E-state index contributed by atoms with van der Waals surface area (Å²) in [4.78, 5) is 5.42. The highest BCUT2D eigenvalue weighted by molar-refractivity contribution is 7.91. The summed E-state index contributed by atoms with van der Waals surface area (Å²) in [5, 5.41) is 2.89. The van der Waals surface area contributed by atoms with Gasteiger partial charge in [0.15, 0.2) is 0 Å². The number of nitrogens with one attached hydrogen (secondary N) is 1. The minimum atomic E-state index is -3.56. The van der Waals surface area contributed by atoms with E-state index in [1.54, 1.807) is 17.4 Å². The van der Waals surface area contributed by atoms with Gasteiger partial charge < -0.3 is 0 Å². The molecule has 0 saturated heterocycles. The predicted molar refractivity (Wildman–Crippen MR) is 109 cm³/mol. The molecule has 0 saturated carbocycles. The molecule has 3 aromatic rings. The van der Waals surface area contributed by atoms with E-state index in [2.05, 4.69) is 23.6 Å². The van der Waals surface area contributed by atoms with E-state index in [9.17, 15) is 8.42 Å². The van der Waals surface area contributed by atoms with Crippen LogP contribution >= 0.6 is 22.7 Å². The number of thiophene rings is 1. The van der Waals surface area contributed by atoms with E-state index in [4.69, 9.17) is 0 Å². The molecule has 3 rings (SSSR count). The van der Waals surface area contributed by atoms with Crippen molar-refractivity contribution in [1.29, 1.82) is 0 Å². The number of thiazole rings is 1. The molecule has 0 bridgehead atoms. The molecule has 26 heavy (non-hydrogen) atoms. The minimum Gasteiger partial charge on any atom is -0.240 e. The van der Waals surface area contributed by atoms with E-state index in [-0.39, 0.29) is 6.04 Å². The lowest BCUT2D eigenvalue weighted by Gasteiger charge is -2.14. The molecule has 0 unspecified atom stereocenters. The van der Waals surface area contributed by atoms with Crippen molar-refractivity contribution in [3.63, 3.8) is 0 Å². The molecule has 4 nitrogen and oxygen atoms in total. The first-order valence-corrected chi connectivity index (χ1v) is 11.8. The van der Waals surface area contributed by atoms with Crippen LogP contribution in [0.4, 0.5) is 0 Å². The highest BCUT2D eigenvalue weighted by atomic mass is 32.2. The quantitative estimate of drug-likeness (QED) is 0.598. The van der Waals surface area contributed by atoms with E-state index in [1.165, 1.54) is 16.9 Å². The van der Waals surface area contributed by atoms with Crippen molar-refractivity contribution >= 4 is 32.7 Å². The number of rotatable bonds is 7. The number of hydrogen-bond donors (Lipinski definition) is 1. The van der Waals surface area contributed by atoms with Crippen LogP contribution < -0.4 is 4.72 Å². The van der Waals surface area contributed by atoms with Gasteiger partial charge in [-0.25, -0.2) is 18.1 Å². The summed E-state index contributed by atoms with van der Waals surface area (Å²) in [6, 6.07) is 11.2. The SMILES string of the molecule is CCc1ccc([C@H](C)NS(=O)(=O)c2ccc(-c3nc(CC)cs3)s2)cc1. The van der Waals surface area contributed by atoms with Gasteiger partial charge in [0.25, 0.3) is 10.0 Å². The molecule has 2 aromatic heterocycles. The summed E-state index contributed by atoms with van der Waals surface area (Å²) in [5.74, 6) is 0. The summed E-state index contributed by atoms with van der Waals surface area (Å²) in [7, 11) is -3.56. The second-order valence-corrected chi connectivity index (χ2v) is 9.94. The van der Waals surface area contributed by atoms with Crippen LogP contribution in [0.3, 0.4) is 0 Å². The van der Waals surface area contributed by atoms with Gasteiger partial charge >= 0.3 is 0 Å². The molecule has 1 N–H and O–H groups in total. The fourth-order valence-corrected chi connectivity index (χ4v) is 6.09. The molecule has 0 spiro atoms. The number of aromatic nitrogens is 1. The Kier molecular flexibility index (Phi) is 5.92. The average molecular weight is 407 g/mol. The fourth-order valence-electron chi connectivity index (χ4n) is 2.56. The van der Waals surface area contributed by atoms with Crippen molar-refractivity contribution in [2.75, 3.05) is 0 Å². The third-order valence-electron chi connectivity index (χ3n) is 4.19. The van der Waals surface area contributed by atoms with E-state index in [1.807, 2.05) is 42.6 Å². The van der Waals surface area contributed by atoms with Crippen molar-refractivity contribution in [1.82, 2.24) is 9.71 Å². The van der Waals surface area contributed by atoms with E-state index in [0.29, 0.717) is 4.21 Å². The lowest BCUT2D eigenvalue weighted by molar-refractivity contribution is 0.569. The van der Waals surface area contributed by atoms with Gasteiger partial charge in [0, 0.05) is 11.4 Å². The molecular formula is C19H22N2O2S3. The molecular weight excluding hydrogens is 384 g/mol. The normalized spacial score (nSPS) is 13.0. The Balaban J connectivity index is 1.77. The van der Waals surface area contributed by atoms with Crippen molar-refractivity contribution in [3.05, 3.63) is 58.6 Å². The van der Waals surface area contributed by atoms with Crippen LogP contribution in [0.1, 0.15) is 43.6 Å². The maximum Gasteiger partial charge on any atom is 0.250 e. The first kappa shape index (κ1) is 19.2. The predicted octanol–water partition coefficient (Wildman–Crippen LogP) is 5.04. The number of aryl methyl sites for hydroxylation is 2. The molecule has 1 aromatic carbocycles. The molecule has 1 atom stereocenters. The number of sulfonamides is 1. The lowest BCUT2D eigenvalue weighted by Crippen LogP contribution is -2.26. The number of hydrogen-bond acceptors (Lipinski definition) is 5. The van der Waals surface area contributed by atoms with Gasteiger partial charge in [-0.15, -0.1) is 22.7 Å². The monoisotopic (exact) mass is 406 g/mol. The van der Waals surface area contributed by atoms with Crippen molar-refractivity contribution in [2.24, 2.45) is 0 Å². The van der Waals surface area contributed by atoms with E-state index >= 15 is 0 Å². The third-order valence-corrected chi connectivity index (χ3v) is 8.37.